The molecular weight excluding hydrogens is 376 g/mol. The van der Waals surface area contributed by atoms with Gasteiger partial charge in [0.2, 0.25) is 0 Å². The van der Waals surface area contributed by atoms with Crippen molar-refractivity contribution in [2.75, 3.05) is 0 Å². The van der Waals surface area contributed by atoms with Gasteiger partial charge in [0.15, 0.2) is 0 Å². The molecule has 0 radical (unpaired) electrons. The molecule has 2 atom stereocenters. The van der Waals surface area contributed by atoms with E-state index in [-0.39, 0.29) is 17.1 Å². The lowest BCUT2D eigenvalue weighted by molar-refractivity contribution is 0.0920. The number of nitrogens with zero attached hydrogens (tertiary/aromatic N) is 1. The van der Waals surface area contributed by atoms with Crippen molar-refractivity contribution in [1.82, 2.24) is 10.3 Å². The molecule has 0 unspecified atom stereocenters. The summed E-state index contributed by atoms with van der Waals surface area (Å²) in [6, 6.07) is 11.8. The van der Waals surface area contributed by atoms with Gasteiger partial charge in [-0.3, -0.25) is 4.79 Å². The summed E-state index contributed by atoms with van der Waals surface area (Å²) in [6.45, 7) is 0. The van der Waals surface area contributed by atoms with Gasteiger partial charge in [-0.2, -0.15) is 0 Å². The summed E-state index contributed by atoms with van der Waals surface area (Å²) in [5.41, 5.74) is 1.69. The number of halogens is 2. The third-order valence-electron chi connectivity index (χ3n) is 4.39. The number of carbonyl (C=O) groups excluding carboxylic acids is 1. The van der Waals surface area contributed by atoms with Crippen LogP contribution in [-0.2, 0) is 0 Å². The van der Waals surface area contributed by atoms with Gasteiger partial charge < -0.3 is 5.32 Å². The second-order valence-corrected chi connectivity index (χ2v) is 7.05. The van der Waals surface area contributed by atoms with Crippen molar-refractivity contribution < 1.29 is 4.79 Å². The van der Waals surface area contributed by atoms with Crippen molar-refractivity contribution in [3.05, 3.63) is 63.3 Å². The van der Waals surface area contributed by atoms with E-state index in [1.807, 2.05) is 12.1 Å². The van der Waals surface area contributed by atoms with Crippen LogP contribution < -0.4 is 5.32 Å². The van der Waals surface area contributed by atoms with Crippen LogP contribution in [0.25, 0.3) is 0 Å². The molecule has 1 heterocycles. The third kappa shape index (κ3) is 3.75. The van der Waals surface area contributed by atoms with Crippen LogP contribution in [0.4, 0.5) is 0 Å². The van der Waals surface area contributed by atoms with E-state index in [2.05, 4.69) is 38.4 Å². The Kier molecular flexibility index (Phi) is 5.34. The molecule has 0 bridgehead atoms. The maximum absolute atomic E-state index is 12.5. The number of pyridine rings is 1. The molecule has 1 N–H and O–H groups in total. The quantitative estimate of drug-likeness (QED) is 0.749. The lowest BCUT2D eigenvalue weighted by Gasteiger charge is -2.33. The molecule has 5 heteroatoms. The molecule has 2 aromatic rings. The number of nitrogens with one attached hydrogen (secondary N) is 1. The van der Waals surface area contributed by atoms with Crippen LogP contribution in [0.5, 0.6) is 0 Å². The van der Waals surface area contributed by atoms with Gasteiger partial charge in [0.05, 0.1) is 5.56 Å². The number of carbonyl (C=O) groups is 1. The molecule has 0 aliphatic heterocycles. The van der Waals surface area contributed by atoms with Crippen molar-refractivity contribution in [3.8, 4) is 0 Å². The van der Waals surface area contributed by atoms with Crippen molar-refractivity contribution in [1.29, 1.82) is 0 Å². The minimum Gasteiger partial charge on any atom is -0.349 e. The highest BCUT2D eigenvalue weighted by Gasteiger charge is 2.29. The van der Waals surface area contributed by atoms with Gasteiger partial charge in [-0.1, -0.05) is 58.6 Å². The van der Waals surface area contributed by atoms with Crippen molar-refractivity contribution >= 4 is 33.4 Å². The van der Waals surface area contributed by atoms with Crippen LogP contribution in [0, 0.1) is 0 Å². The number of rotatable bonds is 3. The fourth-order valence-electron chi connectivity index (χ4n) is 3.25. The number of amides is 1. The Labute approximate surface area is 149 Å². The summed E-state index contributed by atoms with van der Waals surface area (Å²) < 4.78 is 1.10. The van der Waals surface area contributed by atoms with E-state index in [4.69, 9.17) is 11.6 Å². The number of aromatic nitrogens is 1. The summed E-state index contributed by atoms with van der Waals surface area (Å²) in [5, 5.41) is 3.42. The molecule has 1 fully saturated rings. The minimum atomic E-state index is -0.146. The van der Waals surface area contributed by atoms with Crippen LogP contribution in [0.2, 0.25) is 5.15 Å². The average Bonchev–Trinajstić information content (AvgIpc) is 2.56. The van der Waals surface area contributed by atoms with Crippen LogP contribution in [0.3, 0.4) is 0 Å². The number of hydrogen-bond acceptors (Lipinski definition) is 2. The summed E-state index contributed by atoms with van der Waals surface area (Å²) in [4.78, 5) is 16.5. The zero-order valence-electron chi connectivity index (χ0n) is 12.6. The molecule has 1 amide bonds. The highest BCUT2D eigenvalue weighted by atomic mass is 79.9. The Morgan fingerprint density at radius 3 is 2.74 bits per heavy atom. The number of hydrogen-bond donors (Lipinski definition) is 1. The third-order valence-corrected chi connectivity index (χ3v) is 5.41. The Bertz CT molecular complexity index is 707. The standard InChI is InChI=1S/C18H18BrClN2O/c19-15-9-3-1-6-12(15)13-7-2-4-10-16(13)22-18(23)14-8-5-11-21-17(14)20/h1,3,5-6,8-9,11,13,16H,2,4,7,10H2,(H,22,23)/t13-,16-/m0/s1. The van der Waals surface area contributed by atoms with Gasteiger partial charge in [0.1, 0.15) is 5.15 Å². The van der Waals surface area contributed by atoms with Gasteiger partial charge >= 0.3 is 0 Å². The highest BCUT2D eigenvalue weighted by molar-refractivity contribution is 9.10. The van der Waals surface area contributed by atoms with E-state index >= 15 is 0 Å². The molecule has 0 saturated heterocycles. The van der Waals surface area contributed by atoms with E-state index in [0.29, 0.717) is 11.5 Å². The second-order valence-electron chi connectivity index (χ2n) is 5.83. The summed E-state index contributed by atoms with van der Waals surface area (Å²) in [5.74, 6) is 0.172. The normalized spacial score (nSPS) is 21.0. The molecule has 1 aliphatic rings. The fraction of sp³-hybridized carbons (Fsp3) is 0.333. The molecule has 120 valence electrons. The van der Waals surface area contributed by atoms with E-state index in [1.54, 1.807) is 18.3 Å². The van der Waals surface area contributed by atoms with E-state index < -0.39 is 0 Å². The lowest BCUT2D eigenvalue weighted by Crippen LogP contribution is -2.41. The molecular formula is C18H18BrClN2O. The molecule has 3 nitrogen and oxygen atoms in total. The summed E-state index contributed by atoms with van der Waals surface area (Å²) in [6.07, 6.45) is 5.96. The van der Waals surface area contributed by atoms with Gasteiger partial charge in [-0.25, -0.2) is 4.98 Å². The zero-order chi connectivity index (χ0) is 16.2. The minimum absolute atomic E-state index is 0.117. The first kappa shape index (κ1) is 16.5. The van der Waals surface area contributed by atoms with Crippen LogP contribution in [-0.4, -0.2) is 16.9 Å². The predicted molar refractivity (Wildman–Crippen MR) is 95.9 cm³/mol. The summed E-state index contributed by atoms with van der Waals surface area (Å²) >= 11 is 9.67. The van der Waals surface area contributed by atoms with Gasteiger partial charge in [0, 0.05) is 22.6 Å². The van der Waals surface area contributed by atoms with Gasteiger partial charge in [-0.15, -0.1) is 0 Å². The Hall–Kier alpha value is -1.39. The fourth-order valence-corrected chi connectivity index (χ4v) is 4.04. The number of benzene rings is 1. The van der Waals surface area contributed by atoms with Crippen LogP contribution in [0.1, 0.15) is 47.5 Å². The van der Waals surface area contributed by atoms with E-state index in [9.17, 15) is 4.79 Å². The van der Waals surface area contributed by atoms with Gasteiger partial charge in [-0.05, 0) is 36.6 Å². The first-order chi connectivity index (χ1) is 11.2. The zero-order valence-corrected chi connectivity index (χ0v) is 15.0. The van der Waals surface area contributed by atoms with E-state index in [0.717, 1.165) is 23.7 Å². The van der Waals surface area contributed by atoms with Crippen LogP contribution in [0.15, 0.2) is 47.1 Å². The molecule has 1 aliphatic carbocycles. The Morgan fingerprint density at radius 2 is 1.96 bits per heavy atom. The topological polar surface area (TPSA) is 42.0 Å². The van der Waals surface area contributed by atoms with E-state index in [1.165, 1.54) is 12.0 Å². The van der Waals surface area contributed by atoms with Crippen LogP contribution >= 0.6 is 27.5 Å². The molecule has 0 spiro atoms. The second kappa shape index (κ2) is 7.45. The first-order valence-corrected chi connectivity index (χ1v) is 8.99. The monoisotopic (exact) mass is 392 g/mol. The molecule has 3 rings (SSSR count). The van der Waals surface area contributed by atoms with Crippen molar-refractivity contribution in [3.63, 3.8) is 0 Å². The summed E-state index contributed by atoms with van der Waals surface area (Å²) in [7, 11) is 0. The molecule has 1 aromatic carbocycles. The smallest absolute Gasteiger partial charge is 0.254 e. The van der Waals surface area contributed by atoms with Gasteiger partial charge in [0.25, 0.3) is 5.91 Å². The Morgan fingerprint density at radius 1 is 1.17 bits per heavy atom. The first-order valence-electron chi connectivity index (χ1n) is 7.82. The predicted octanol–water partition coefficient (Wildman–Crippen LogP) is 4.95. The molecule has 1 aromatic heterocycles. The van der Waals surface area contributed by atoms with Crippen molar-refractivity contribution in [2.24, 2.45) is 0 Å². The maximum Gasteiger partial charge on any atom is 0.254 e. The van der Waals surface area contributed by atoms with Crippen molar-refractivity contribution in [2.45, 2.75) is 37.6 Å². The SMILES string of the molecule is O=C(N[C@H]1CCCC[C@H]1c1ccccc1Br)c1cccnc1Cl. The maximum atomic E-state index is 12.5. The highest BCUT2D eigenvalue weighted by Crippen LogP contribution is 2.36. The largest absolute Gasteiger partial charge is 0.349 e. The molecule has 23 heavy (non-hydrogen) atoms. The average molecular weight is 394 g/mol. The Balaban J connectivity index is 1.81. The lowest BCUT2D eigenvalue weighted by atomic mass is 9.80. The molecule has 1 saturated carbocycles.